The van der Waals surface area contributed by atoms with E-state index in [9.17, 15) is 39.9 Å². The van der Waals surface area contributed by atoms with Crippen LogP contribution in [-0.2, 0) is 25.5 Å². The summed E-state index contributed by atoms with van der Waals surface area (Å²) in [7, 11) is 0. The minimum absolute atomic E-state index is 0.00510. The Morgan fingerprint density at radius 2 is 1.76 bits per heavy atom. The number of fused-ring (bicyclic) bond motifs is 4. The minimum atomic E-state index is -2.77. The number of hydrogen-bond acceptors (Lipinski definition) is 9. The van der Waals surface area contributed by atoms with Gasteiger partial charge in [-0.2, -0.15) is 0 Å². The Hall–Kier alpha value is -4.57. The van der Waals surface area contributed by atoms with E-state index in [1.807, 2.05) is 0 Å². The zero-order valence-corrected chi connectivity index (χ0v) is 19.8. The van der Waals surface area contributed by atoms with Gasteiger partial charge in [-0.1, -0.05) is 24.3 Å². The molecule has 5 atom stereocenters. The van der Waals surface area contributed by atoms with Crippen LogP contribution in [0.5, 0.6) is 11.5 Å². The zero-order valence-electron chi connectivity index (χ0n) is 19.8. The van der Waals surface area contributed by atoms with Crippen molar-refractivity contribution in [3.8, 4) is 11.5 Å². The molecule has 1 fully saturated rings. The standard InChI is InChI=1S/C28H23NO9/c29-27(36)21-18(32)10-16-24-20-15(9-13(38-24)8-11-4-6-12(30)7-5-11)14-2-1-3-17(31)19(14)23(33)22(20)26(35)28(16,37)25(21)34/h1-7,9,15-16,20,24,30-31,33-34,37H,8,10H2,(H2,29,36)/t15-,16+,20+,24+,28+/m0/s1. The molecule has 10 heteroatoms. The lowest BCUT2D eigenvalue weighted by Gasteiger charge is -2.53. The number of nitrogens with two attached hydrogens (primary N) is 1. The van der Waals surface area contributed by atoms with Gasteiger partial charge >= 0.3 is 0 Å². The summed E-state index contributed by atoms with van der Waals surface area (Å²) >= 11 is 0. The zero-order chi connectivity index (χ0) is 27.1. The van der Waals surface area contributed by atoms with Gasteiger partial charge in [0.25, 0.3) is 5.91 Å². The molecule has 0 radical (unpaired) electrons. The number of phenolic OH excluding ortho intramolecular Hbond substituents is 2. The summed E-state index contributed by atoms with van der Waals surface area (Å²) in [6.45, 7) is 0. The normalized spacial score (nSPS) is 29.7. The van der Waals surface area contributed by atoms with E-state index in [4.69, 9.17) is 10.5 Å². The number of aliphatic hydroxyl groups is 3. The van der Waals surface area contributed by atoms with Crippen LogP contribution in [0.2, 0.25) is 0 Å². The molecule has 3 aliphatic carbocycles. The topological polar surface area (TPSA) is 188 Å². The fourth-order valence-electron chi connectivity index (χ4n) is 6.35. The van der Waals surface area contributed by atoms with Crippen molar-refractivity contribution in [2.24, 2.45) is 17.6 Å². The van der Waals surface area contributed by atoms with Crippen molar-refractivity contribution < 1.29 is 44.7 Å². The Bertz CT molecular complexity index is 1530. The fraction of sp³-hybridized carbons (Fsp3) is 0.250. The molecule has 0 aromatic heterocycles. The molecule has 2 aromatic carbocycles. The molecule has 10 nitrogen and oxygen atoms in total. The number of allylic oxidation sites excluding steroid dienone is 2. The first kappa shape index (κ1) is 23.8. The highest BCUT2D eigenvalue weighted by Gasteiger charge is 2.67. The maximum Gasteiger partial charge on any atom is 0.255 e. The molecule has 38 heavy (non-hydrogen) atoms. The number of ketones is 2. The molecule has 1 amide bonds. The van der Waals surface area contributed by atoms with E-state index in [1.165, 1.54) is 18.2 Å². The summed E-state index contributed by atoms with van der Waals surface area (Å²) < 4.78 is 6.31. The largest absolute Gasteiger partial charge is 0.508 e. The molecule has 0 bridgehead atoms. The number of hydrogen-bond donors (Lipinski definition) is 6. The van der Waals surface area contributed by atoms with Gasteiger partial charge in [-0.15, -0.1) is 0 Å². The van der Waals surface area contributed by atoms with Gasteiger partial charge in [-0.05, 0) is 35.4 Å². The number of primary amides is 1. The average molecular weight is 517 g/mol. The number of amides is 1. The van der Waals surface area contributed by atoms with Crippen LogP contribution in [0.25, 0.3) is 5.76 Å². The molecule has 2 aromatic rings. The maximum absolute atomic E-state index is 13.9. The Balaban J connectivity index is 1.59. The Kier molecular flexibility index (Phi) is 4.99. The van der Waals surface area contributed by atoms with Gasteiger partial charge in [0, 0.05) is 36.2 Å². The Morgan fingerprint density at radius 3 is 2.45 bits per heavy atom. The number of rotatable bonds is 3. The summed E-state index contributed by atoms with van der Waals surface area (Å²) in [6, 6.07) is 11.1. The van der Waals surface area contributed by atoms with Gasteiger partial charge in [-0.25, -0.2) is 0 Å². The maximum atomic E-state index is 13.9. The SMILES string of the molecule is NC(=O)C1=C(O)[C@@]2(O)C(=O)C3=C(O)c4c(O)cccc4[C@@H]4C=C(Cc5ccc(O)cc5)O[C@@H]([C@@H]34)[C@H]2CC1=O. The molecule has 6 rings (SSSR count). The summed E-state index contributed by atoms with van der Waals surface area (Å²) in [5, 5.41) is 54.1. The van der Waals surface area contributed by atoms with Crippen LogP contribution in [0.1, 0.15) is 29.0 Å². The number of benzene rings is 2. The molecule has 0 unspecified atom stereocenters. The summed E-state index contributed by atoms with van der Waals surface area (Å²) in [5.41, 5.74) is 2.66. The van der Waals surface area contributed by atoms with Crippen LogP contribution < -0.4 is 5.73 Å². The van der Waals surface area contributed by atoms with E-state index >= 15 is 0 Å². The van der Waals surface area contributed by atoms with Gasteiger partial charge in [0.2, 0.25) is 5.78 Å². The van der Waals surface area contributed by atoms with E-state index in [0.717, 1.165) is 5.56 Å². The fourth-order valence-corrected chi connectivity index (χ4v) is 6.35. The number of phenols is 2. The Labute approximate surface area is 215 Å². The number of aromatic hydroxyl groups is 2. The molecule has 0 spiro atoms. The van der Waals surface area contributed by atoms with E-state index in [0.29, 0.717) is 11.3 Å². The highest BCUT2D eigenvalue weighted by atomic mass is 16.5. The highest BCUT2D eigenvalue weighted by molar-refractivity contribution is 6.23. The number of Topliss-reactive ketones (excluding diaryl/α,β-unsaturated/α-hetero) is 2. The number of ether oxygens (including phenoxy) is 1. The van der Waals surface area contributed by atoms with Crippen LogP contribution in [0, 0.1) is 11.8 Å². The second kappa shape index (κ2) is 7.96. The number of carbonyl (C=O) groups excluding carboxylic acids is 3. The van der Waals surface area contributed by atoms with E-state index in [2.05, 4.69) is 0 Å². The highest BCUT2D eigenvalue weighted by Crippen LogP contribution is 2.58. The smallest absolute Gasteiger partial charge is 0.255 e. The van der Waals surface area contributed by atoms with Crippen LogP contribution in [0.3, 0.4) is 0 Å². The van der Waals surface area contributed by atoms with Crippen LogP contribution in [0.15, 0.2) is 71.2 Å². The summed E-state index contributed by atoms with van der Waals surface area (Å²) in [4.78, 5) is 38.7. The molecule has 4 aliphatic rings. The molecular weight excluding hydrogens is 494 g/mol. The average Bonchev–Trinajstić information content (AvgIpc) is 2.86. The first-order chi connectivity index (χ1) is 18.0. The molecule has 1 saturated carbocycles. The lowest BCUT2D eigenvalue weighted by atomic mass is 9.54. The minimum Gasteiger partial charge on any atom is -0.508 e. The molecule has 194 valence electrons. The lowest BCUT2D eigenvalue weighted by molar-refractivity contribution is -0.164. The lowest BCUT2D eigenvalue weighted by Crippen LogP contribution is -2.65. The van der Waals surface area contributed by atoms with Crippen LogP contribution in [0.4, 0.5) is 0 Å². The first-order valence-electron chi connectivity index (χ1n) is 12.0. The van der Waals surface area contributed by atoms with Crippen molar-refractivity contribution in [3.63, 3.8) is 0 Å². The summed E-state index contributed by atoms with van der Waals surface area (Å²) in [6.07, 6.45) is 0.436. The predicted molar refractivity (Wildman–Crippen MR) is 131 cm³/mol. The number of carbonyl (C=O) groups is 3. The molecular formula is C28H23NO9. The second-order valence-corrected chi connectivity index (χ2v) is 10.0. The first-order valence-corrected chi connectivity index (χ1v) is 12.0. The molecule has 1 aliphatic heterocycles. The third-order valence-corrected chi connectivity index (χ3v) is 8.02. The molecule has 1 heterocycles. The summed E-state index contributed by atoms with van der Waals surface area (Å²) in [5.74, 6) is -7.52. The Morgan fingerprint density at radius 1 is 1.05 bits per heavy atom. The molecule has 0 saturated heterocycles. The van der Waals surface area contributed by atoms with Crippen molar-refractivity contribution in [2.75, 3.05) is 0 Å². The van der Waals surface area contributed by atoms with Crippen molar-refractivity contribution in [3.05, 3.63) is 87.9 Å². The third kappa shape index (κ3) is 3.07. The van der Waals surface area contributed by atoms with Crippen molar-refractivity contribution in [2.45, 2.75) is 30.5 Å². The van der Waals surface area contributed by atoms with Crippen molar-refractivity contribution in [1.82, 2.24) is 0 Å². The van der Waals surface area contributed by atoms with Crippen molar-refractivity contribution >= 4 is 23.2 Å². The van der Waals surface area contributed by atoms with E-state index in [1.54, 1.807) is 30.3 Å². The third-order valence-electron chi connectivity index (χ3n) is 8.02. The van der Waals surface area contributed by atoms with E-state index in [-0.39, 0.29) is 29.1 Å². The van der Waals surface area contributed by atoms with Gasteiger partial charge in [-0.3, -0.25) is 14.4 Å². The van der Waals surface area contributed by atoms with Gasteiger partial charge < -0.3 is 36.0 Å². The monoisotopic (exact) mass is 517 g/mol. The molecule has 7 N–H and O–H groups in total. The van der Waals surface area contributed by atoms with Gasteiger partial charge in [0.1, 0.15) is 34.7 Å². The van der Waals surface area contributed by atoms with Crippen LogP contribution in [-0.4, -0.2) is 54.7 Å². The van der Waals surface area contributed by atoms with Gasteiger partial charge in [0.15, 0.2) is 11.4 Å². The predicted octanol–water partition coefficient (Wildman–Crippen LogP) is 1.81. The van der Waals surface area contributed by atoms with Crippen molar-refractivity contribution in [1.29, 1.82) is 0 Å². The quantitative estimate of drug-likeness (QED) is 0.330. The van der Waals surface area contributed by atoms with Gasteiger partial charge in [0.05, 0.1) is 11.3 Å². The number of aliphatic hydroxyl groups excluding tert-OH is 2. The van der Waals surface area contributed by atoms with E-state index < -0.39 is 70.4 Å². The second-order valence-electron chi connectivity index (χ2n) is 10.0. The van der Waals surface area contributed by atoms with Crippen LogP contribution >= 0.6 is 0 Å².